The summed E-state index contributed by atoms with van der Waals surface area (Å²) in [7, 11) is 0. The number of carbonyl (C=O) groups excluding carboxylic acids is 3. The van der Waals surface area contributed by atoms with Crippen molar-refractivity contribution in [3.63, 3.8) is 0 Å². The smallest absolute Gasteiger partial charge is 0.306 e. The molecule has 0 amide bonds. The summed E-state index contributed by atoms with van der Waals surface area (Å²) in [6.45, 7) is 6.42. The highest BCUT2D eigenvalue weighted by molar-refractivity contribution is 5.71. The molecule has 0 aliphatic rings. The summed E-state index contributed by atoms with van der Waals surface area (Å²) < 4.78 is 16.7. The lowest BCUT2D eigenvalue weighted by Gasteiger charge is -2.18. The van der Waals surface area contributed by atoms with E-state index in [4.69, 9.17) is 14.2 Å². The van der Waals surface area contributed by atoms with Crippen molar-refractivity contribution in [2.75, 3.05) is 13.2 Å². The van der Waals surface area contributed by atoms with Crippen LogP contribution in [0.4, 0.5) is 0 Å². The summed E-state index contributed by atoms with van der Waals surface area (Å²) >= 11 is 0. The van der Waals surface area contributed by atoms with E-state index in [1.807, 2.05) is 6.08 Å². The van der Waals surface area contributed by atoms with E-state index in [1.165, 1.54) is 109 Å². The molecule has 64 heavy (non-hydrogen) atoms. The summed E-state index contributed by atoms with van der Waals surface area (Å²) in [5.41, 5.74) is 0. The Balaban J connectivity index is 4.47. The minimum Gasteiger partial charge on any atom is -0.462 e. The predicted octanol–water partition coefficient (Wildman–Crippen LogP) is 17.6. The second kappa shape index (κ2) is 52.2. The van der Waals surface area contributed by atoms with Gasteiger partial charge in [0.15, 0.2) is 6.10 Å². The summed E-state index contributed by atoms with van der Waals surface area (Å²) in [5, 5.41) is 0. The normalized spacial score (nSPS) is 12.7. The molecule has 0 rings (SSSR count). The zero-order valence-corrected chi connectivity index (χ0v) is 41.8. The van der Waals surface area contributed by atoms with E-state index in [9.17, 15) is 14.4 Å². The van der Waals surface area contributed by atoms with Gasteiger partial charge in [0.25, 0.3) is 0 Å². The van der Waals surface area contributed by atoms with E-state index in [0.717, 1.165) is 89.9 Å². The average Bonchev–Trinajstić information content (AvgIpc) is 3.29. The van der Waals surface area contributed by atoms with Crippen LogP contribution < -0.4 is 0 Å². The molecule has 1 atom stereocenters. The molecule has 0 aromatic heterocycles. The highest BCUT2D eigenvalue weighted by Crippen LogP contribution is 2.14. The molecule has 0 aromatic carbocycles. The standard InChI is InChI=1S/C58H98O6/c1-4-7-10-13-16-19-22-25-27-28-29-31-33-36-39-42-45-48-51-57(60)63-54-55(53-62-56(59)50-47-44-41-38-35-32-24-21-18-15-12-9-6-3)64-58(61)52-49-46-43-40-37-34-30-26-23-20-17-14-11-8-5-2/h8,11,14,17,20,23,27-29,31-32,35,41,44,55H,4-7,9-10,12-13,15-16,18-19,21-22,24-26,30,33-34,36-40,42-43,45-54H2,1-3H3/b11-8-,17-14-,23-20-,28-27-,31-29-,35-32-,44-41-. The van der Waals surface area contributed by atoms with E-state index in [0.29, 0.717) is 19.3 Å². The monoisotopic (exact) mass is 891 g/mol. The number of ether oxygens (including phenoxy) is 3. The van der Waals surface area contributed by atoms with Crippen LogP contribution in [0.25, 0.3) is 0 Å². The Bertz CT molecular complexity index is 1250. The SMILES string of the molecule is CC\C=C/C=C\C=C/CCCCCCCCCC(=O)OC(COC(=O)CC/C=C\C/C=C\CCCCCCCC)COC(=O)CCCCCCC/C=C\C=C/CCCCCCCCC. The molecule has 0 aromatic rings. The van der Waals surface area contributed by atoms with Crippen LogP contribution in [0.3, 0.4) is 0 Å². The fourth-order valence-electron chi connectivity index (χ4n) is 7.19. The quantitative estimate of drug-likeness (QED) is 0.0199. The Kier molecular flexibility index (Phi) is 49.4. The lowest BCUT2D eigenvalue weighted by molar-refractivity contribution is -0.166. The number of esters is 3. The number of hydrogen-bond acceptors (Lipinski definition) is 6. The van der Waals surface area contributed by atoms with Crippen molar-refractivity contribution in [2.24, 2.45) is 0 Å². The highest BCUT2D eigenvalue weighted by atomic mass is 16.6. The van der Waals surface area contributed by atoms with Crippen LogP contribution in [0.15, 0.2) is 85.1 Å². The largest absolute Gasteiger partial charge is 0.462 e. The summed E-state index contributed by atoms with van der Waals surface area (Å²) in [6.07, 6.45) is 67.2. The van der Waals surface area contributed by atoms with Crippen LogP contribution in [-0.4, -0.2) is 37.2 Å². The van der Waals surface area contributed by atoms with E-state index in [1.54, 1.807) is 0 Å². The molecule has 0 aliphatic heterocycles. The molecule has 0 saturated carbocycles. The molecule has 366 valence electrons. The van der Waals surface area contributed by atoms with Crippen LogP contribution in [0.5, 0.6) is 0 Å². The van der Waals surface area contributed by atoms with Gasteiger partial charge in [-0.1, -0.05) is 228 Å². The summed E-state index contributed by atoms with van der Waals surface area (Å²) in [6, 6.07) is 0. The van der Waals surface area contributed by atoms with Crippen molar-refractivity contribution in [1.82, 2.24) is 0 Å². The topological polar surface area (TPSA) is 78.9 Å². The molecule has 6 heteroatoms. The average molecular weight is 891 g/mol. The van der Waals surface area contributed by atoms with E-state index >= 15 is 0 Å². The summed E-state index contributed by atoms with van der Waals surface area (Å²) in [5.74, 6) is -1.00. The Morgan fingerprint density at radius 1 is 0.344 bits per heavy atom. The molecule has 0 heterocycles. The van der Waals surface area contributed by atoms with Gasteiger partial charge in [-0.25, -0.2) is 0 Å². The molecular formula is C58H98O6. The minimum absolute atomic E-state index is 0.107. The van der Waals surface area contributed by atoms with Gasteiger partial charge in [-0.05, 0) is 83.5 Å². The van der Waals surface area contributed by atoms with Gasteiger partial charge in [0, 0.05) is 19.3 Å². The van der Waals surface area contributed by atoms with Crippen molar-refractivity contribution < 1.29 is 28.6 Å². The Hall–Kier alpha value is -3.41. The minimum atomic E-state index is -0.812. The molecule has 0 spiro atoms. The maximum atomic E-state index is 12.8. The third-order valence-corrected chi connectivity index (χ3v) is 11.2. The number of allylic oxidation sites excluding steroid dienone is 14. The highest BCUT2D eigenvalue weighted by Gasteiger charge is 2.19. The molecule has 0 fully saturated rings. The van der Waals surface area contributed by atoms with Crippen molar-refractivity contribution in [3.8, 4) is 0 Å². The Labute approximate surface area is 395 Å². The number of carbonyl (C=O) groups is 3. The van der Waals surface area contributed by atoms with Crippen molar-refractivity contribution in [2.45, 2.75) is 252 Å². The number of rotatable bonds is 47. The molecule has 0 N–H and O–H groups in total. The third-order valence-electron chi connectivity index (χ3n) is 11.2. The first-order valence-electron chi connectivity index (χ1n) is 26.6. The lowest BCUT2D eigenvalue weighted by Crippen LogP contribution is -2.30. The fraction of sp³-hybridized carbons (Fsp3) is 0.707. The van der Waals surface area contributed by atoms with Gasteiger partial charge in [0.1, 0.15) is 13.2 Å². The van der Waals surface area contributed by atoms with Crippen molar-refractivity contribution in [1.29, 1.82) is 0 Å². The molecule has 0 aliphatic carbocycles. The van der Waals surface area contributed by atoms with Crippen molar-refractivity contribution >= 4 is 17.9 Å². The van der Waals surface area contributed by atoms with Gasteiger partial charge in [-0.2, -0.15) is 0 Å². The first kappa shape index (κ1) is 60.6. The molecule has 1 unspecified atom stereocenters. The molecule has 6 nitrogen and oxygen atoms in total. The zero-order chi connectivity index (χ0) is 46.5. The fourth-order valence-corrected chi connectivity index (χ4v) is 7.19. The number of hydrogen-bond donors (Lipinski definition) is 0. The van der Waals surface area contributed by atoms with Gasteiger partial charge in [-0.15, -0.1) is 0 Å². The number of unbranched alkanes of at least 4 members (excludes halogenated alkanes) is 25. The van der Waals surface area contributed by atoms with E-state index < -0.39 is 6.10 Å². The van der Waals surface area contributed by atoms with Crippen LogP contribution in [0.1, 0.15) is 245 Å². The van der Waals surface area contributed by atoms with Crippen molar-refractivity contribution in [3.05, 3.63) is 85.1 Å². The Morgan fingerprint density at radius 3 is 1.17 bits per heavy atom. The van der Waals surface area contributed by atoms with Gasteiger partial charge in [0.2, 0.25) is 0 Å². The summed E-state index contributed by atoms with van der Waals surface area (Å²) in [4.78, 5) is 38.0. The molecule has 0 bridgehead atoms. The maximum Gasteiger partial charge on any atom is 0.306 e. The maximum absolute atomic E-state index is 12.8. The second-order valence-electron chi connectivity index (χ2n) is 17.5. The van der Waals surface area contributed by atoms with E-state index in [2.05, 4.69) is 99.8 Å². The van der Waals surface area contributed by atoms with E-state index in [-0.39, 0.29) is 37.5 Å². The lowest BCUT2D eigenvalue weighted by atomic mass is 10.1. The van der Waals surface area contributed by atoms with Crippen LogP contribution in [0.2, 0.25) is 0 Å². The van der Waals surface area contributed by atoms with Crippen LogP contribution in [0, 0.1) is 0 Å². The second-order valence-corrected chi connectivity index (χ2v) is 17.5. The van der Waals surface area contributed by atoms with Gasteiger partial charge >= 0.3 is 17.9 Å². The first-order valence-corrected chi connectivity index (χ1v) is 26.6. The van der Waals surface area contributed by atoms with Gasteiger partial charge in [0.05, 0.1) is 0 Å². The zero-order valence-electron chi connectivity index (χ0n) is 41.8. The molecular weight excluding hydrogens is 793 g/mol. The van der Waals surface area contributed by atoms with Crippen LogP contribution in [-0.2, 0) is 28.6 Å². The molecule has 0 saturated heterocycles. The predicted molar refractivity (Wildman–Crippen MR) is 274 cm³/mol. The van der Waals surface area contributed by atoms with Crippen LogP contribution >= 0.6 is 0 Å². The molecule has 0 radical (unpaired) electrons. The van der Waals surface area contributed by atoms with Gasteiger partial charge < -0.3 is 14.2 Å². The first-order chi connectivity index (χ1) is 31.5. The Morgan fingerprint density at radius 2 is 0.703 bits per heavy atom. The third kappa shape index (κ3) is 49.6. The van der Waals surface area contributed by atoms with Gasteiger partial charge in [-0.3, -0.25) is 14.4 Å².